The van der Waals surface area contributed by atoms with Crippen LogP contribution in [0.25, 0.3) is 0 Å². The van der Waals surface area contributed by atoms with E-state index < -0.39 is 0 Å². The third kappa shape index (κ3) is 56.4. The maximum Gasteiger partial charge on any atom is 2.00 e. The zero-order valence-electron chi connectivity index (χ0n) is 2.93. The van der Waals surface area contributed by atoms with Gasteiger partial charge in [0.25, 0.3) is 0 Å². The third-order valence-corrected chi connectivity index (χ3v) is 0. The van der Waals surface area contributed by atoms with Crippen LogP contribution in [-0.4, -0.2) is 23.1 Å². The van der Waals surface area contributed by atoms with Gasteiger partial charge in [-0.05, 0) is 0 Å². The zero-order valence-corrected chi connectivity index (χ0v) is 10.3. The minimum atomic E-state index is 0. The summed E-state index contributed by atoms with van der Waals surface area (Å²) in [6, 6.07) is 0. The largest absolute Gasteiger partial charge is 2.00 e. The molecule has 0 radical (unpaired) electrons. The Morgan fingerprint density at radius 1 is 0.571 bits per heavy atom. The van der Waals surface area contributed by atoms with Crippen LogP contribution in [0.4, 0.5) is 0 Å². The van der Waals surface area contributed by atoms with Crippen LogP contribution in [0.3, 0.4) is 0 Å². The van der Waals surface area contributed by atoms with Gasteiger partial charge in [0.05, 0.1) is 0 Å². The van der Waals surface area contributed by atoms with Gasteiger partial charge in [0.2, 0.25) is 0 Å². The van der Waals surface area contributed by atoms with Gasteiger partial charge in [-0.25, -0.2) is 0 Å². The van der Waals surface area contributed by atoms with Crippen LogP contribution in [0.2, 0.25) is 0 Å². The van der Waals surface area contributed by atoms with Crippen molar-refractivity contribution in [2.45, 2.75) is 7.43 Å². The number of hydrogen-bond donors (Lipinski definition) is 0. The van der Waals surface area contributed by atoms with Crippen molar-refractivity contribution >= 4 is 23.1 Å². The van der Waals surface area contributed by atoms with Crippen molar-refractivity contribution in [1.29, 1.82) is 0 Å². The van der Waals surface area contributed by atoms with Crippen molar-refractivity contribution in [2.75, 3.05) is 0 Å². The van der Waals surface area contributed by atoms with Crippen LogP contribution in [0.15, 0.2) is 0 Å². The van der Waals surface area contributed by atoms with Crippen molar-refractivity contribution in [3.8, 4) is 0 Å². The van der Waals surface area contributed by atoms with Crippen molar-refractivity contribution < 1.29 is 69.1 Å². The monoisotopic (exact) mass is 244 g/mol. The van der Waals surface area contributed by atoms with Gasteiger partial charge in [0, 0.05) is 0 Å². The molecule has 0 N–H and O–H groups in total. The topological polar surface area (TPSA) is 0 Å². The SMILES string of the molecule is C.[Cl-].[Cl-].[Cl-].[Cl-].[Mg+2].[Zn+2]. The van der Waals surface area contributed by atoms with Gasteiger partial charge in [-0.2, -0.15) is 0 Å². The van der Waals surface area contributed by atoms with Crippen LogP contribution in [0.5, 0.6) is 0 Å². The average Bonchev–Trinajstić information content (AvgIpc) is 0. The molecule has 6 heteroatoms. The van der Waals surface area contributed by atoms with Gasteiger partial charge in [0.1, 0.15) is 0 Å². The summed E-state index contributed by atoms with van der Waals surface area (Å²) in [6.45, 7) is 0. The van der Waals surface area contributed by atoms with Crippen molar-refractivity contribution in [2.24, 2.45) is 0 Å². The molecule has 0 heterocycles. The van der Waals surface area contributed by atoms with E-state index in [0.29, 0.717) is 0 Å². The number of rotatable bonds is 0. The molecule has 0 aliphatic rings. The first-order valence-corrected chi connectivity index (χ1v) is 0. The van der Waals surface area contributed by atoms with E-state index in [1.165, 1.54) is 0 Å². The molecule has 0 saturated carbocycles. The quantitative estimate of drug-likeness (QED) is 0.373. The third-order valence-electron chi connectivity index (χ3n) is 0. The van der Waals surface area contributed by atoms with E-state index in [9.17, 15) is 0 Å². The van der Waals surface area contributed by atoms with E-state index in [0.717, 1.165) is 0 Å². The molecule has 0 aromatic carbocycles. The van der Waals surface area contributed by atoms with Crippen LogP contribution in [0, 0.1) is 0 Å². The first-order chi connectivity index (χ1) is 0. The molecule has 0 nitrogen and oxygen atoms in total. The van der Waals surface area contributed by atoms with E-state index in [1.807, 2.05) is 0 Å². The molecule has 0 amide bonds. The van der Waals surface area contributed by atoms with E-state index in [-0.39, 0.29) is 99.6 Å². The minimum Gasteiger partial charge on any atom is -1.00 e. The Balaban J connectivity index is 0. The molecule has 0 saturated heterocycles. The molecule has 40 valence electrons. The maximum absolute atomic E-state index is 0. The first kappa shape index (κ1) is 107. The minimum absolute atomic E-state index is 0. The first-order valence-electron chi connectivity index (χ1n) is 0. The van der Waals surface area contributed by atoms with Gasteiger partial charge in [-0.15, -0.1) is 0 Å². The molecule has 0 aliphatic carbocycles. The molecule has 7 heavy (non-hydrogen) atoms. The smallest absolute Gasteiger partial charge is 1.00 e. The van der Waals surface area contributed by atoms with Crippen LogP contribution in [-0.2, 0) is 19.5 Å². The van der Waals surface area contributed by atoms with E-state index >= 15 is 0 Å². The Morgan fingerprint density at radius 3 is 0.571 bits per heavy atom. The molecular weight excluding hydrogens is 244 g/mol. The Labute approximate surface area is 98.5 Å². The van der Waals surface area contributed by atoms with Crippen molar-refractivity contribution in [1.82, 2.24) is 0 Å². The molecular formula is CH4Cl4MgZn. The second kappa shape index (κ2) is 75.0. The normalized spacial score (nSPS) is 0. The van der Waals surface area contributed by atoms with Crippen LogP contribution >= 0.6 is 0 Å². The Hall–Kier alpha value is 2.55. The fraction of sp³-hybridized carbons (Fsp3) is 1.00. The zero-order chi connectivity index (χ0) is 0. The van der Waals surface area contributed by atoms with Crippen LogP contribution < -0.4 is 49.6 Å². The standard InChI is InChI=1S/CH4.4ClH.Mg.Zn/h1H4;4*1H;;/q;;;;;2*+2/p-4. The van der Waals surface area contributed by atoms with Gasteiger partial charge >= 0.3 is 42.5 Å². The molecule has 0 aromatic heterocycles. The van der Waals surface area contributed by atoms with Crippen LogP contribution in [0.1, 0.15) is 7.43 Å². The fourth-order valence-corrected chi connectivity index (χ4v) is 0. The van der Waals surface area contributed by atoms with Gasteiger partial charge in [0.15, 0.2) is 0 Å². The molecule has 0 aromatic rings. The van der Waals surface area contributed by atoms with Gasteiger partial charge < -0.3 is 49.6 Å². The molecule has 0 atom stereocenters. The van der Waals surface area contributed by atoms with Gasteiger partial charge in [-0.1, -0.05) is 7.43 Å². The second-order valence-corrected chi connectivity index (χ2v) is 0. The maximum atomic E-state index is 0. The molecule has 0 fully saturated rings. The summed E-state index contributed by atoms with van der Waals surface area (Å²) in [7, 11) is 0. The summed E-state index contributed by atoms with van der Waals surface area (Å²) in [5.74, 6) is 0. The summed E-state index contributed by atoms with van der Waals surface area (Å²) in [4.78, 5) is 0. The summed E-state index contributed by atoms with van der Waals surface area (Å²) in [6.07, 6.45) is 0. The Kier molecular flexibility index (Phi) is 1150. The second-order valence-electron chi connectivity index (χ2n) is 0. The molecule has 0 unspecified atom stereocenters. The summed E-state index contributed by atoms with van der Waals surface area (Å²) in [5.41, 5.74) is 0. The number of halogens is 4. The van der Waals surface area contributed by atoms with E-state index in [4.69, 9.17) is 0 Å². The fourth-order valence-electron chi connectivity index (χ4n) is 0. The van der Waals surface area contributed by atoms with Crippen molar-refractivity contribution in [3.05, 3.63) is 0 Å². The van der Waals surface area contributed by atoms with E-state index in [2.05, 4.69) is 0 Å². The summed E-state index contributed by atoms with van der Waals surface area (Å²) in [5, 5.41) is 0. The predicted octanol–water partition coefficient (Wildman–Crippen LogP) is -11.7. The Bertz CT molecular complexity index is 11.7. The molecule has 0 aliphatic heterocycles. The summed E-state index contributed by atoms with van der Waals surface area (Å²) < 4.78 is 0. The van der Waals surface area contributed by atoms with E-state index in [1.54, 1.807) is 0 Å². The Morgan fingerprint density at radius 2 is 0.571 bits per heavy atom. The number of hydrogen-bond acceptors (Lipinski definition) is 0. The van der Waals surface area contributed by atoms with Crippen molar-refractivity contribution in [3.63, 3.8) is 0 Å². The van der Waals surface area contributed by atoms with Gasteiger partial charge in [-0.3, -0.25) is 0 Å². The average molecular weight is 248 g/mol. The predicted molar refractivity (Wildman–Crippen MR) is 12.5 cm³/mol. The summed E-state index contributed by atoms with van der Waals surface area (Å²) >= 11 is 0. The molecule has 0 rings (SSSR count). The molecule has 0 bridgehead atoms. The molecule has 0 spiro atoms.